The summed E-state index contributed by atoms with van der Waals surface area (Å²) in [5.74, 6) is 0.104. The smallest absolute Gasteiger partial charge is 0.129 e. The fraction of sp³-hybridized carbons (Fsp3) is 0. The molecule has 0 radical (unpaired) electrons. The lowest BCUT2D eigenvalue weighted by Gasteiger charge is -2.06. The van der Waals surface area contributed by atoms with Crippen LogP contribution in [0.2, 0.25) is 0 Å². The van der Waals surface area contributed by atoms with Crippen LogP contribution in [0, 0.1) is 0 Å². The molecule has 0 aliphatic rings. The minimum absolute atomic E-state index is 0.0375. The summed E-state index contributed by atoms with van der Waals surface area (Å²) >= 11 is 0. The van der Waals surface area contributed by atoms with Gasteiger partial charge in [-0.3, -0.25) is 0 Å². The maximum atomic E-state index is 10.4. The van der Waals surface area contributed by atoms with Gasteiger partial charge in [-0.15, -0.1) is 0 Å². The Kier molecular flexibility index (Phi) is 3.05. The molecular weight excluding hydrogens is 286 g/mol. The molecule has 0 saturated carbocycles. The van der Waals surface area contributed by atoms with E-state index in [0.29, 0.717) is 10.9 Å². The molecule has 0 fully saturated rings. The number of aromatic hydroxyl groups is 2. The number of phenols is 2. The number of phenolic OH excluding ortho intramolecular Hbond substituents is 2. The second-order valence-electron chi connectivity index (χ2n) is 5.49. The molecule has 3 aromatic carbocycles. The van der Waals surface area contributed by atoms with Crippen molar-refractivity contribution in [3.8, 4) is 33.9 Å². The molecule has 3 N–H and O–H groups in total. The Morgan fingerprint density at radius 3 is 1.96 bits per heavy atom. The monoisotopic (exact) mass is 301 g/mol. The van der Waals surface area contributed by atoms with Gasteiger partial charge in [0.25, 0.3) is 0 Å². The van der Waals surface area contributed by atoms with Crippen molar-refractivity contribution in [2.45, 2.75) is 0 Å². The number of aromatic nitrogens is 1. The summed E-state index contributed by atoms with van der Waals surface area (Å²) in [6, 6.07) is 22.9. The summed E-state index contributed by atoms with van der Waals surface area (Å²) in [6.45, 7) is 0. The second kappa shape index (κ2) is 5.21. The highest BCUT2D eigenvalue weighted by atomic mass is 16.3. The van der Waals surface area contributed by atoms with Crippen LogP contribution >= 0.6 is 0 Å². The van der Waals surface area contributed by atoms with E-state index in [9.17, 15) is 10.2 Å². The maximum Gasteiger partial charge on any atom is 0.129 e. The van der Waals surface area contributed by atoms with Crippen molar-refractivity contribution in [3.63, 3.8) is 0 Å². The van der Waals surface area contributed by atoms with Gasteiger partial charge in [0.2, 0.25) is 0 Å². The summed E-state index contributed by atoms with van der Waals surface area (Å²) in [4.78, 5) is 3.34. The van der Waals surface area contributed by atoms with Crippen molar-refractivity contribution in [1.82, 2.24) is 4.98 Å². The van der Waals surface area contributed by atoms with E-state index >= 15 is 0 Å². The van der Waals surface area contributed by atoms with E-state index in [-0.39, 0.29) is 11.5 Å². The number of rotatable bonds is 2. The summed E-state index contributed by atoms with van der Waals surface area (Å²) in [6.07, 6.45) is 0. The molecule has 0 spiro atoms. The van der Waals surface area contributed by atoms with Gasteiger partial charge in [-0.25, -0.2) is 0 Å². The van der Waals surface area contributed by atoms with E-state index in [1.807, 2.05) is 60.7 Å². The fourth-order valence-corrected chi connectivity index (χ4v) is 3.01. The van der Waals surface area contributed by atoms with Crippen LogP contribution in [0.3, 0.4) is 0 Å². The largest absolute Gasteiger partial charge is 0.508 e. The summed E-state index contributed by atoms with van der Waals surface area (Å²) < 4.78 is 0. The highest BCUT2D eigenvalue weighted by Crippen LogP contribution is 2.43. The molecule has 4 aromatic rings. The molecule has 0 amide bonds. The molecule has 23 heavy (non-hydrogen) atoms. The lowest BCUT2D eigenvalue weighted by molar-refractivity contribution is 0.455. The third-order valence-electron chi connectivity index (χ3n) is 3.99. The van der Waals surface area contributed by atoms with Gasteiger partial charge in [-0.1, -0.05) is 60.7 Å². The van der Waals surface area contributed by atoms with Crippen LogP contribution in [0.25, 0.3) is 33.3 Å². The van der Waals surface area contributed by atoms with Crippen LogP contribution in [0.5, 0.6) is 11.5 Å². The van der Waals surface area contributed by atoms with Gasteiger partial charge in [0.15, 0.2) is 0 Å². The number of nitrogens with one attached hydrogen (secondary N) is 1. The first-order valence-corrected chi connectivity index (χ1v) is 7.42. The zero-order chi connectivity index (χ0) is 15.8. The molecule has 4 rings (SSSR count). The molecule has 112 valence electrons. The van der Waals surface area contributed by atoms with E-state index in [4.69, 9.17) is 0 Å². The lowest BCUT2D eigenvalue weighted by Crippen LogP contribution is -1.82. The van der Waals surface area contributed by atoms with E-state index in [1.165, 1.54) is 6.07 Å². The number of hydrogen-bond acceptors (Lipinski definition) is 2. The molecule has 0 unspecified atom stereocenters. The molecule has 1 heterocycles. The molecule has 1 aromatic heterocycles. The zero-order valence-electron chi connectivity index (χ0n) is 12.3. The van der Waals surface area contributed by atoms with Gasteiger partial charge >= 0.3 is 0 Å². The quantitative estimate of drug-likeness (QED) is 0.492. The summed E-state index contributed by atoms with van der Waals surface area (Å²) in [5, 5.41) is 20.9. The minimum atomic E-state index is 0.0375. The Bertz CT molecular complexity index is 973. The van der Waals surface area contributed by atoms with Gasteiger partial charge < -0.3 is 15.2 Å². The van der Waals surface area contributed by atoms with Crippen molar-refractivity contribution in [2.24, 2.45) is 0 Å². The molecule has 3 heteroatoms. The molecule has 3 nitrogen and oxygen atoms in total. The first kappa shape index (κ1) is 13.5. The van der Waals surface area contributed by atoms with Crippen LogP contribution in [0.15, 0.2) is 72.8 Å². The molecule has 0 aliphatic carbocycles. The van der Waals surface area contributed by atoms with Crippen LogP contribution in [-0.4, -0.2) is 15.2 Å². The standard InChI is InChI=1S/C20H15NO2/c22-15-11-16-19(17(23)12-15)18(13-7-3-1-4-8-13)20(21-16)14-9-5-2-6-10-14/h1-12,21-23H. The SMILES string of the molecule is Oc1cc(O)c2c(-c3ccccc3)c(-c3ccccc3)[nH]c2c1. The Labute approximate surface area is 133 Å². The predicted molar refractivity (Wildman–Crippen MR) is 92.5 cm³/mol. The van der Waals surface area contributed by atoms with Gasteiger partial charge in [0, 0.05) is 23.1 Å². The topological polar surface area (TPSA) is 56.2 Å². The lowest BCUT2D eigenvalue weighted by atomic mass is 9.98. The summed E-state index contributed by atoms with van der Waals surface area (Å²) in [7, 11) is 0. The number of hydrogen-bond donors (Lipinski definition) is 3. The molecular formula is C20H15NO2. The van der Waals surface area contributed by atoms with E-state index < -0.39 is 0 Å². The number of aromatic amines is 1. The second-order valence-corrected chi connectivity index (χ2v) is 5.49. The molecule has 0 aliphatic heterocycles. The van der Waals surface area contributed by atoms with Gasteiger partial charge in [0.1, 0.15) is 11.5 Å². The van der Waals surface area contributed by atoms with Crippen LogP contribution < -0.4 is 0 Å². The Morgan fingerprint density at radius 2 is 1.30 bits per heavy atom. The van der Waals surface area contributed by atoms with Gasteiger partial charge in [-0.05, 0) is 11.1 Å². The molecule has 0 saturated heterocycles. The molecule has 0 bridgehead atoms. The van der Waals surface area contributed by atoms with Gasteiger partial charge in [-0.2, -0.15) is 0 Å². The van der Waals surface area contributed by atoms with Crippen molar-refractivity contribution >= 4 is 10.9 Å². The number of H-pyrrole nitrogens is 1. The highest BCUT2D eigenvalue weighted by Gasteiger charge is 2.18. The van der Waals surface area contributed by atoms with Crippen molar-refractivity contribution in [3.05, 3.63) is 72.8 Å². The normalized spacial score (nSPS) is 11.0. The van der Waals surface area contributed by atoms with Crippen molar-refractivity contribution in [1.29, 1.82) is 0 Å². The third-order valence-corrected chi connectivity index (χ3v) is 3.99. The van der Waals surface area contributed by atoms with Crippen molar-refractivity contribution in [2.75, 3.05) is 0 Å². The highest BCUT2D eigenvalue weighted by molar-refractivity contribution is 6.07. The maximum absolute atomic E-state index is 10.4. The molecule has 0 atom stereocenters. The van der Waals surface area contributed by atoms with Crippen LogP contribution in [0.4, 0.5) is 0 Å². The third kappa shape index (κ3) is 2.23. The number of fused-ring (bicyclic) bond motifs is 1. The Morgan fingerprint density at radius 1 is 0.696 bits per heavy atom. The average Bonchev–Trinajstić information content (AvgIpc) is 2.96. The fourth-order valence-electron chi connectivity index (χ4n) is 3.01. The van der Waals surface area contributed by atoms with Crippen LogP contribution in [0.1, 0.15) is 0 Å². The zero-order valence-corrected chi connectivity index (χ0v) is 12.3. The van der Waals surface area contributed by atoms with Crippen molar-refractivity contribution < 1.29 is 10.2 Å². The van der Waals surface area contributed by atoms with E-state index in [1.54, 1.807) is 6.07 Å². The van der Waals surface area contributed by atoms with Crippen LogP contribution in [-0.2, 0) is 0 Å². The number of benzene rings is 3. The summed E-state index contributed by atoms with van der Waals surface area (Å²) in [5.41, 5.74) is 4.61. The van der Waals surface area contributed by atoms with Gasteiger partial charge in [0.05, 0.1) is 11.2 Å². The Balaban J connectivity index is 2.12. The Hall–Kier alpha value is -3.20. The minimum Gasteiger partial charge on any atom is -0.508 e. The van der Waals surface area contributed by atoms with E-state index in [0.717, 1.165) is 22.4 Å². The predicted octanol–water partition coefficient (Wildman–Crippen LogP) is 4.91. The average molecular weight is 301 g/mol. The van der Waals surface area contributed by atoms with E-state index in [2.05, 4.69) is 4.98 Å². The first-order chi connectivity index (χ1) is 11.2. The first-order valence-electron chi connectivity index (χ1n) is 7.42.